The number of nitrogens with zero attached hydrogens (tertiary/aromatic N) is 5. The fourth-order valence-corrected chi connectivity index (χ4v) is 5.93. The molecule has 1 aromatic heterocycles. The molecule has 0 aliphatic carbocycles. The topological polar surface area (TPSA) is 145 Å². The molecular formula is C34H44N6O8. The van der Waals surface area contributed by atoms with Crippen molar-refractivity contribution in [1.82, 2.24) is 24.3 Å². The van der Waals surface area contributed by atoms with Crippen LogP contribution in [-0.4, -0.2) is 101 Å². The van der Waals surface area contributed by atoms with E-state index in [1.165, 1.54) is 18.9 Å². The Balaban J connectivity index is 1.35. The number of aromatic nitrogens is 2. The molecule has 3 heterocycles. The maximum absolute atomic E-state index is 13.6. The van der Waals surface area contributed by atoms with Crippen molar-refractivity contribution < 1.29 is 33.4 Å². The molecule has 3 aromatic rings. The number of rotatable bonds is 9. The molecule has 258 valence electrons. The fourth-order valence-electron chi connectivity index (χ4n) is 5.93. The number of nitrogens with one attached hydrogen (secondary N) is 1. The molecule has 0 radical (unpaired) electrons. The van der Waals surface area contributed by atoms with Gasteiger partial charge in [-0.25, -0.2) is 14.4 Å². The van der Waals surface area contributed by atoms with Crippen LogP contribution in [0.4, 0.5) is 15.3 Å². The van der Waals surface area contributed by atoms with Crippen molar-refractivity contribution >= 4 is 40.7 Å². The molecule has 1 unspecified atom stereocenters. The van der Waals surface area contributed by atoms with Gasteiger partial charge in [0.2, 0.25) is 11.8 Å². The van der Waals surface area contributed by atoms with Crippen LogP contribution in [-0.2, 0) is 37.5 Å². The van der Waals surface area contributed by atoms with Crippen LogP contribution in [0.25, 0.3) is 11.0 Å². The minimum Gasteiger partial charge on any atom is -0.444 e. The van der Waals surface area contributed by atoms with Crippen LogP contribution in [0.2, 0.25) is 0 Å². The number of hydrogen-bond donors (Lipinski definition) is 1. The smallest absolute Gasteiger partial charge is 0.414 e. The lowest BCUT2D eigenvalue weighted by atomic mass is 10.1. The second-order valence-corrected chi connectivity index (χ2v) is 13.2. The Morgan fingerprint density at radius 2 is 1.79 bits per heavy atom. The number of imide groups is 1. The first-order chi connectivity index (χ1) is 22.8. The largest absolute Gasteiger partial charge is 0.444 e. The number of amides is 4. The Morgan fingerprint density at radius 1 is 1.04 bits per heavy atom. The lowest BCUT2D eigenvalue weighted by molar-refractivity contribution is -0.135. The van der Waals surface area contributed by atoms with Gasteiger partial charge < -0.3 is 19.1 Å². The molecule has 5 rings (SSSR count). The Kier molecular flexibility index (Phi) is 10.5. The van der Waals surface area contributed by atoms with Gasteiger partial charge in [0, 0.05) is 52.4 Å². The summed E-state index contributed by atoms with van der Waals surface area (Å²) in [5.74, 6) is -0.879. The molecular weight excluding hydrogens is 620 g/mol. The first kappa shape index (κ1) is 34.6. The van der Waals surface area contributed by atoms with E-state index in [0.717, 1.165) is 5.56 Å². The number of imidazole rings is 1. The fraction of sp³-hybridized carbons (Fsp3) is 0.500. The van der Waals surface area contributed by atoms with E-state index in [-0.39, 0.29) is 38.0 Å². The molecule has 14 heteroatoms. The van der Waals surface area contributed by atoms with Crippen molar-refractivity contribution in [3.63, 3.8) is 0 Å². The minimum absolute atomic E-state index is 0.0828. The lowest BCUT2D eigenvalue weighted by Crippen LogP contribution is -2.50. The van der Waals surface area contributed by atoms with Crippen LogP contribution in [0, 0.1) is 0 Å². The third kappa shape index (κ3) is 8.23. The van der Waals surface area contributed by atoms with Gasteiger partial charge >= 0.3 is 17.9 Å². The minimum atomic E-state index is -0.819. The summed E-state index contributed by atoms with van der Waals surface area (Å²) < 4.78 is 20.0. The van der Waals surface area contributed by atoms with E-state index in [1.807, 2.05) is 51.1 Å². The van der Waals surface area contributed by atoms with Crippen molar-refractivity contribution in [2.24, 2.45) is 7.05 Å². The first-order valence-corrected chi connectivity index (χ1v) is 16.1. The zero-order valence-electron chi connectivity index (χ0n) is 28.1. The first-order valence-electron chi connectivity index (χ1n) is 16.1. The van der Waals surface area contributed by atoms with E-state index in [1.54, 1.807) is 32.3 Å². The van der Waals surface area contributed by atoms with E-state index in [0.29, 0.717) is 49.5 Å². The van der Waals surface area contributed by atoms with Gasteiger partial charge in [-0.3, -0.25) is 33.8 Å². The predicted octanol–water partition coefficient (Wildman–Crippen LogP) is 3.03. The second kappa shape index (κ2) is 14.6. The number of ether oxygens (including phenoxy) is 3. The summed E-state index contributed by atoms with van der Waals surface area (Å²) in [7, 11) is 3.29. The summed E-state index contributed by atoms with van der Waals surface area (Å²) in [5.41, 5.74) is 1.40. The molecule has 2 aromatic carbocycles. The SMILES string of the molecule is CN(C[C@@H]1CN(CCN(C(=O)OCc2ccccc2)c2ccc3c(c2)n(C)c(=O)n3C2CCC(=O)NC2=O)CCO1)C(=O)OC(C)(C)C. The van der Waals surface area contributed by atoms with E-state index in [4.69, 9.17) is 14.2 Å². The number of carbonyl (C=O) groups excluding carboxylic acids is 4. The molecule has 4 amide bonds. The summed E-state index contributed by atoms with van der Waals surface area (Å²) in [5, 5.41) is 2.32. The number of anilines is 1. The summed E-state index contributed by atoms with van der Waals surface area (Å²) >= 11 is 0. The Morgan fingerprint density at radius 3 is 2.50 bits per heavy atom. The maximum atomic E-state index is 13.6. The maximum Gasteiger partial charge on any atom is 0.414 e. The van der Waals surface area contributed by atoms with Gasteiger partial charge in [-0.1, -0.05) is 30.3 Å². The number of carbonyl (C=O) groups is 4. The molecule has 14 nitrogen and oxygen atoms in total. The zero-order chi connectivity index (χ0) is 34.6. The van der Waals surface area contributed by atoms with Crippen molar-refractivity contribution in [2.45, 2.75) is 58.0 Å². The van der Waals surface area contributed by atoms with Crippen molar-refractivity contribution in [1.29, 1.82) is 0 Å². The summed E-state index contributed by atoms with van der Waals surface area (Å²) in [6.45, 7) is 8.30. The van der Waals surface area contributed by atoms with Gasteiger partial charge in [-0.15, -0.1) is 0 Å². The second-order valence-electron chi connectivity index (χ2n) is 13.2. The number of hydrogen-bond acceptors (Lipinski definition) is 9. The summed E-state index contributed by atoms with van der Waals surface area (Å²) in [4.78, 5) is 69.1. The number of fused-ring (bicyclic) bond motifs is 1. The number of likely N-dealkylation sites (N-methyl/N-ethyl adjacent to an activating group) is 1. The van der Waals surface area contributed by atoms with E-state index < -0.39 is 35.4 Å². The van der Waals surface area contributed by atoms with Gasteiger partial charge in [0.15, 0.2) is 0 Å². The number of piperidine rings is 1. The van der Waals surface area contributed by atoms with Crippen molar-refractivity contribution in [3.05, 3.63) is 64.6 Å². The van der Waals surface area contributed by atoms with Crippen LogP contribution < -0.4 is 15.9 Å². The molecule has 2 saturated heterocycles. The third-order valence-electron chi connectivity index (χ3n) is 8.38. The van der Waals surface area contributed by atoms with E-state index in [2.05, 4.69) is 10.2 Å². The Hall–Kier alpha value is -4.69. The Labute approximate surface area is 279 Å². The quantitative estimate of drug-likeness (QED) is 0.342. The average molecular weight is 665 g/mol. The van der Waals surface area contributed by atoms with Crippen LogP contribution in [0.5, 0.6) is 0 Å². The lowest BCUT2D eigenvalue weighted by Gasteiger charge is -2.36. The van der Waals surface area contributed by atoms with E-state index in [9.17, 15) is 24.0 Å². The van der Waals surface area contributed by atoms with Gasteiger partial charge in [0.25, 0.3) is 0 Å². The molecule has 2 atom stereocenters. The van der Waals surface area contributed by atoms with Crippen LogP contribution >= 0.6 is 0 Å². The highest BCUT2D eigenvalue weighted by molar-refractivity contribution is 6.00. The van der Waals surface area contributed by atoms with Crippen molar-refractivity contribution in [2.75, 3.05) is 51.3 Å². The summed E-state index contributed by atoms with van der Waals surface area (Å²) in [6, 6.07) is 13.7. The van der Waals surface area contributed by atoms with Crippen LogP contribution in [0.15, 0.2) is 53.3 Å². The molecule has 2 aliphatic rings. The molecule has 48 heavy (non-hydrogen) atoms. The number of aryl methyl sites for hydroxylation is 1. The average Bonchev–Trinajstić information content (AvgIpc) is 3.28. The number of morpholine rings is 1. The highest BCUT2D eigenvalue weighted by Crippen LogP contribution is 2.27. The highest BCUT2D eigenvalue weighted by Gasteiger charge is 2.32. The van der Waals surface area contributed by atoms with Crippen molar-refractivity contribution in [3.8, 4) is 0 Å². The number of benzene rings is 2. The molecule has 2 fully saturated rings. The van der Waals surface area contributed by atoms with Crippen LogP contribution in [0.1, 0.15) is 45.2 Å². The van der Waals surface area contributed by atoms with Gasteiger partial charge in [-0.05, 0) is 51.0 Å². The molecule has 0 bridgehead atoms. The molecule has 2 aliphatic heterocycles. The molecule has 0 spiro atoms. The summed E-state index contributed by atoms with van der Waals surface area (Å²) in [6.07, 6.45) is -0.864. The van der Waals surface area contributed by atoms with Crippen LogP contribution in [0.3, 0.4) is 0 Å². The highest BCUT2D eigenvalue weighted by atomic mass is 16.6. The third-order valence-corrected chi connectivity index (χ3v) is 8.38. The van der Waals surface area contributed by atoms with Gasteiger partial charge in [0.05, 0.1) is 30.3 Å². The predicted molar refractivity (Wildman–Crippen MR) is 178 cm³/mol. The van der Waals surface area contributed by atoms with Gasteiger partial charge in [-0.2, -0.15) is 0 Å². The zero-order valence-corrected chi connectivity index (χ0v) is 28.1. The Bertz CT molecular complexity index is 1710. The standard InChI is InChI=1S/C34H44N6O8/c1-34(2,3)48-32(44)36(4)20-25-21-38(17-18-46-25)15-16-39(33(45)47-22-23-9-7-6-8-10-23)24-11-12-26-28(19-24)37(5)31(43)40(26)27-13-14-29(41)35-30(27)42/h6-12,19,25,27H,13-18,20-22H2,1-5H3,(H,35,41,42)/t25-,27?/m1/s1. The molecule has 1 N–H and O–H groups in total. The molecule has 0 saturated carbocycles. The van der Waals surface area contributed by atoms with Gasteiger partial charge in [0.1, 0.15) is 18.2 Å². The monoisotopic (exact) mass is 664 g/mol. The normalized spacial score (nSPS) is 18.8. The van der Waals surface area contributed by atoms with E-state index >= 15 is 0 Å².